The molecule has 0 saturated heterocycles. The predicted molar refractivity (Wildman–Crippen MR) is 207 cm³/mol. The van der Waals surface area contributed by atoms with Gasteiger partial charge < -0.3 is 33.7 Å². The van der Waals surface area contributed by atoms with Gasteiger partial charge in [-0.25, -0.2) is 13.8 Å². The van der Waals surface area contributed by atoms with Gasteiger partial charge in [0.1, 0.15) is 65.3 Å². The van der Waals surface area contributed by atoms with Crippen LogP contribution in [0.2, 0.25) is 0 Å². The van der Waals surface area contributed by atoms with E-state index < -0.39 is 27.8 Å². The minimum atomic E-state index is -2.88. The Labute approximate surface area is 320 Å². The zero-order valence-corrected chi connectivity index (χ0v) is 30.6. The zero-order chi connectivity index (χ0) is 38.8. The normalized spacial score (nSPS) is 11.7. The predicted octanol–water partition coefficient (Wildman–Crippen LogP) is 8.88. The molecule has 6 aromatic rings. The van der Waals surface area contributed by atoms with Gasteiger partial charge in [0.15, 0.2) is 11.1 Å². The highest BCUT2D eigenvalue weighted by atomic mass is 32.2. The van der Waals surface area contributed by atoms with Gasteiger partial charge in [0.2, 0.25) is 0 Å². The van der Waals surface area contributed by atoms with Crippen molar-refractivity contribution in [3.05, 3.63) is 190 Å². The van der Waals surface area contributed by atoms with Gasteiger partial charge in [-0.2, -0.15) is 0 Å². The van der Waals surface area contributed by atoms with Crippen LogP contribution in [0.4, 0.5) is 0 Å². The number of benzene rings is 6. The summed E-state index contributed by atoms with van der Waals surface area (Å²) >= 11 is -2.88. The molecule has 10 nitrogen and oxygen atoms in total. The van der Waals surface area contributed by atoms with Crippen LogP contribution in [-0.2, 0) is 42.3 Å². The quantitative estimate of drug-likeness (QED) is 0.0770. The second kappa shape index (κ2) is 17.6. The molecule has 11 heteroatoms. The molecule has 3 N–H and O–H groups in total. The van der Waals surface area contributed by atoms with Crippen molar-refractivity contribution in [3.8, 4) is 23.0 Å². The highest BCUT2D eigenvalue weighted by molar-refractivity contribution is 7.80. The maximum atomic E-state index is 14.0. The van der Waals surface area contributed by atoms with Crippen LogP contribution in [0, 0.1) is 0 Å². The summed E-state index contributed by atoms with van der Waals surface area (Å²) in [6.07, 6.45) is 0. The molecule has 6 aromatic carbocycles. The number of rotatable bonds is 17. The monoisotopic (exact) mass is 758 g/mol. The highest BCUT2D eigenvalue weighted by Gasteiger charge is 2.44. The van der Waals surface area contributed by atoms with Crippen molar-refractivity contribution < 1.29 is 47.5 Å². The molecule has 55 heavy (non-hydrogen) atoms. The van der Waals surface area contributed by atoms with Crippen molar-refractivity contribution >= 4 is 23.0 Å². The minimum absolute atomic E-state index is 0.0555. The molecular weight excluding hydrogens is 721 g/mol. The van der Waals surface area contributed by atoms with Crippen molar-refractivity contribution in [2.75, 3.05) is 0 Å². The molecule has 6 rings (SSSR count). The average molecular weight is 759 g/mol. The first-order valence-corrected chi connectivity index (χ1v) is 18.4. The number of carbonyl (C=O) groups is 2. The number of carboxylic acid groups (broad SMARTS) is 2. The molecular formula is C44H38O10S. The average Bonchev–Trinajstić information content (AvgIpc) is 3.21. The maximum absolute atomic E-state index is 14.0. The molecule has 0 aliphatic rings. The Morgan fingerprint density at radius 1 is 0.509 bits per heavy atom. The molecule has 1 atom stereocenters. The van der Waals surface area contributed by atoms with E-state index in [2.05, 4.69) is 0 Å². The summed E-state index contributed by atoms with van der Waals surface area (Å²) in [6.45, 7) is 1.33. The fourth-order valence-electron chi connectivity index (χ4n) is 5.98. The summed E-state index contributed by atoms with van der Waals surface area (Å²) in [6, 6.07) is 41.9. The number of hydrogen-bond acceptors (Lipinski definition) is 7. The van der Waals surface area contributed by atoms with Crippen LogP contribution >= 0.6 is 0 Å². The van der Waals surface area contributed by atoms with E-state index in [1.165, 1.54) is 31.2 Å². The fourth-order valence-corrected chi connectivity index (χ4v) is 6.66. The molecule has 0 aliphatic carbocycles. The van der Waals surface area contributed by atoms with Gasteiger partial charge in [-0.05, 0) is 53.4 Å². The van der Waals surface area contributed by atoms with Crippen LogP contribution in [0.5, 0.6) is 23.0 Å². The van der Waals surface area contributed by atoms with Gasteiger partial charge in [0, 0.05) is 11.1 Å². The first kappa shape index (κ1) is 38.3. The summed E-state index contributed by atoms with van der Waals surface area (Å²) in [5.41, 5.74) is 2.20. The smallest absolute Gasteiger partial charge is 0.339 e. The van der Waals surface area contributed by atoms with Gasteiger partial charge in [-0.15, -0.1) is 0 Å². The summed E-state index contributed by atoms with van der Waals surface area (Å²) in [5.74, 6) is -3.05. The molecule has 280 valence electrons. The van der Waals surface area contributed by atoms with Gasteiger partial charge in [-0.3, -0.25) is 0 Å². The second-order valence-corrected chi connectivity index (χ2v) is 14.0. The van der Waals surface area contributed by atoms with Crippen molar-refractivity contribution in [1.82, 2.24) is 0 Å². The molecule has 0 radical (unpaired) electrons. The van der Waals surface area contributed by atoms with E-state index >= 15 is 0 Å². The Bertz CT molecular complexity index is 2110. The molecule has 0 fully saturated rings. The van der Waals surface area contributed by atoms with E-state index in [0.29, 0.717) is 11.1 Å². The summed E-state index contributed by atoms with van der Waals surface area (Å²) in [5, 5.41) is 21.2. The minimum Gasteiger partial charge on any atom is -0.489 e. The fraction of sp³-hybridized carbons (Fsp3) is 0.136. The van der Waals surface area contributed by atoms with Crippen LogP contribution < -0.4 is 18.9 Å². The Morgan fingerprint density at radius 3 is 1.07 bits per heavy atom. The number of aromatic carboxylic acids is 2. The molecule has 1 unspecified atom stereocenters. The maximum Gasteiger partial charge on any atom is 0.339 e. The van der Waals surface area contributed by atoms with Gasteiger partial charge in [0.05, 0.1) is 0 Å². The Morgan fingerprint density at radius 2 is 0.800 bits per heavy atom. The topological polar surface area (TPSA) is 149 Å². The van der Waals surface area contributed by atoms with Gasteiger partial charge in [0.25, 0.3) is 0 Å². The van der Waals surface area contributed by atoms with Crippen LogP contribution in [0.15, 0.2) is 146 Å². The molecule has 0 bridgehead atoms. The molecule has 0 aliphatic heterocycles. The standard InChI is InChI=1S/C44H38O10S/c1-44(55(49)50,38-24-34(51-26-30-14-6-2-7-15-30)22-36(42(45)46)40(38)53-28-32-18-10-4-11-19-32)39-25-35(52-27-31-16-8-3-9-17-31)23-37(43(47)48)41(39)54-29-33-20-12-5-13-21-33/h2-25H,26-29H2,1H3,(H,45,46)(H,47,48)(H,49,50). The summed E-state index contributed by atoms with van der Waals surface area (Å²) in [7, 11) is 0. The van der Waals surface area contributed by atoms with Crippen LogP contribution in [0.1, 0.15) is 61.0 Å². The SMILES string of the molecule is CC(c1cc(OCc2ccccc2)cc(C(=O)O)c1OCc1ccccc1)(c1cc(OCc2ccccc2)cc(C(=O)O)c1OCc1ccccc1)S(=O)O. The van der Waals surface area contributed by atoms with Crippen molar-refractivity contribution in [1.29, 1.82) is 0 Å². The first-order valence-electron chi connectivity index (χ1n) is 17.2. The lowest BCUT2D eigenvalue weighted by Crippen LogP contribution is -2.32. The third kappa shape index (κ3) is 9.21. The van der Waals surface area contributed by atoms with E-state index in [1.807, 2.05) is 72.8 Å². The van der Waals surface area contributed by atoms with Crippen LogP contribution in [0.3, 0.4) is 0 Å². The van der Waals surface area contributed by atoms with E-state index in [0.717, 1.165) is 11.1 Å². The van der Waals surface area contributed by atoms with E-state index in [1.54, 1.807) is 48.5 Å². The van der Waals surface area contributed by atoms with Crippen molar-refractivity contribution in [3.63, 3.8) is 0 Å². The first-order chi connectivity index (χ1) is 26.6. The Hall–Kier alpha value is -6.43. The van der Waals surface area contributed by atoms with Gasteiger partial charge >= 0.3 is 11.9 Å². The molecule has 0 aromatic heterocycles. The Balaban J connectivity index is 1.57. The number of carboxylic acids is 2. The lowest BCUT2D eigenvalue weighted by Gasteiger charge is -2.32. The van der Waals surface area contributed by atoms with Crippen molar-refractivity contribution in [2.45, 2.75) is 38.1 Å². The van der Waals surface area contributed by atoms with E-state index in [4.69, 9.17) is 18.9 Å². The summed E-state index contributed by atoms with van der Waals surface area (Å²) < 4.78 is 48.1. The third-order valence-electron chi connectivity index (χ3n) is 8.91. The number of ether oxygens (including phenoxy) is 4. The summed E-state index contributed by atoms with van der Waals surface area (Å²) in [4.78, 5) is 26.0. The largest absolute Gasteiger partial charge is 0.489 e. The second-order valence-electron chi connectivity index (χ2n) is 12.7. The third-order valence-corrected chi connectivity index (χ3v) is 10.0. The zero-order valence-electron chi connectivity index (χ0n) is 29.8. The molecule has 0 amide bonds. The van der Waals surface area contributed by atoms with Crippen LogP contribution in [0.25, 0.3) is 0 Å². The lowest BCUT2D eigenvalue weighted by atomic mass is 9.87. The Kier molecular flexibility index (Phi) is 12.3. The number of hydrogen-bond donors (Lipinski definition) is 3. The highest BCUT2D eigenvalue weighted by Crippen LogP contribution is 2.49. The van der Waals surface area contributed by atoms with Crippen molar-refractivity contribution in [2.24, 2.45) is 0 Å². The van der Waals surface area contributed by atoms with Gasteiger partial charge in [-0.1, -0.05) is 121 Å². The van der Waals surface area contributed by atoms with E-state index in [-0.39, 0.29) is 71.7 Å². The molecule has 0 spiro atoms. The van der Waals surface area contributed by atoms with E-state index in [9.17, 15) is 28.6 Å². The molecule has 0 heterocycles. The van der Waals surface area contributed by atoms with Crippen LogP contribution in [-0.4, -0.2) is 30.9 Å². The lowest BCUT2D eigenvalue weighted by molar-refractivity contribution is 0.0680. The molecule has 0 saturated carbocycles.